The van der Waals surface area contributed by atoms with Crippen LogP contribution < -0.4 is 5.73 Å². The second-order valence-corrected chi connectivity index (χ2v) is 9.82. The zero-order valence-electron chi connectivity index (χ0n) is 21.2. The Labute approximate surface area is 209 Å². The van der Waals surface area contributed by atoms with Crippen molar-refractivity contribution in [3.8, 4) is 5.75 Å². The number of hydrogen-bond donors (Lipinski definition) is 4. The summed E-state index contributed by atoms with van der Waals surface area (Å²) in [5, 5.41) is 37.4. The molecule has 0 radical (unpaired) electrons. The lowest BCUT2D eigenvalue weighted by molar-refractivity contribution is -0.121. The van der Waals surface area contributed by atoms with E-state index in [1.165, 1.54) is 13.2 Å². The summed E-state index contributed by atoms with van der Waals surface area (Å²) in [5.41, 5.74) is 6.21. The average Bonchev–Trinajstić information content (AvgIpc) is 2.82. The molecule has 2 unspecified atom stereocenters. The van der Waals surface area contributed by atoms with Gasteiger partial charge in [0.25, 0.3) is 0 Å². The standard InChI is InChI=1S/C26H33N3O7/c1-6-36-28-12(2)14-7-8-18(30)20-15(14)9-13-10-17-21(29(3)4)22(31)16(25(27)34)11-26(17,35-5)24(33)19(13)23(20)32/h7-8,13,17,21,30-31,33H,6,9-11H2,1-5H3,(H2,27,34)/b28-12-/t13?,17?,21-,26-/m0/s1. The molecule has 3 aliphatic rings. The Morgan fingerprint density at radius 3 is 2.56 bits per heavy atom. The monoisotopic (exact) mass is 499 g/mol. The molecule has 0 spiro atoms. The Morgan fingerprint density at radius 2 is 1.97 bits per heavy atom. The molecule has 1 amide bonds. The molecule has 10 heteroatoms. The summed E-state index contributed by atoms with van der Waals surface area (Å²) in [4.78, 5) is 33.0. The van der Waals surface area contributed by atoms with Crippen molar-refractivity contribution in [1.29, 1.82) is 0 Å². The molecule has 4 rings (SSSR count). The molecule has 0 saturated heterocycles. The molecular weight excluding hydrogens is 466 g/mol. The predicted molar refractivity (Wildman–Crippen MR) is 132 cm³/mol. The van der Waals surface area contributed by atoms with E-state index in [1.807, 2.05) is 6.92 Å². The number of ketones is 1. The number of aromatic hydroxyl groups is 1. The van der Waals surface area contributed by atoms with Crippen LogP contribution >= 0.6 is 0 Å². The van der Waals surface area contributed by atoms with E-state index in [2.05, 4.69) is 5.16 Å². The van der Waals surface area contributed by atoms with Gasteiger partial charge in [-0.3, -0.25) is 14.5 Å². The van der Waals surface area contributed by atoms with Crippen LogP contribution in [0.5, 0.6) is 5.75 Å². The number of Topliss-reactive ketones (excluding diaryl/α,β-unsaturated/α-hetero) is 1. The summed E-state index contributed by atoms with van der Waals surface area (Å²) < 4.78 is 5.89. The number of primary amides is 1. The maximum Gasteiger partial charge on any atom is 0.248 e. The van der Waals surface area contributed by atoms with Crippen LogP contribution in [0.1, 0.15) is 48.2 Å². The highest BCUT2D eigenvalue weighted by atomic mass is 16.6. The van der Waals surface area contributed by atoms with Crippen LogP contribution in [-0.2, 0) is 20.8 Å². The van der Waals surface area contributed by atoms with E-state index < -0.39 is 35.2 Å². The van der Waals surface area contributed by atoms with Crippen LogP contribution in [-0.4, -0.2) is 77.1 Å². The van der Waals surface area contributed by atoms with Gasteiger partial charge in [-0.15, -0.1) is 0 Å². The number of aliphatic hydroxyl groups excluding tert-OH is 2. The second-order valence-electron chi connectivity index (χ2n) is 9.82. The second kappa shape index (κ2) is 9.25. The van der Waals surface area contributed by atoms with Gasteiger partial charge in [0.15, 0.2) is 5.78 Å². The Kier molecular flexibility index (Phi) is 6.61. The lowest BCUT2D eigenvalue weighted by Crippen LogP contribution is -2.60. The minimum absolute atomic E-state index is 0.0473. The molecule has 5 N–H and O–H groups in total. The van der Waals surface area contributed by atoms with Gasteiger partial charge in [-0.25, -0.2) is 0 Å². The van der Waals surface area contributed by atoms with Gasteiger partial charge in [0.1, 0.15) is 29.5 Å². The third-order valence-electron chi connectivity index (χ3n) is 7.76. The number of amides is 1. The van der Waals surface area contributed by atoms with Crippen molar-refractivity contribution in [2.24, 2.45) is 22.7 Å². The molecule has 4 atom stereocenters. The number of oxime groups is 1. The van der Waals surface area contributed by atoms with Gasteiger partial charge in [-0.2, -0.15) is 0 Å². The van der Waals surface area contributed by atoms with E-state index >= 15 is 0 Å². The molecule has 36 heavy (non-hydrogen) atoms. The molecule has 0 heterocycles. The Morgan fingerprint density at radius 1 is 1.28 bits per heavy atom. The zero-order valence-corrected chi connectivity index (χ0v) is 21.2. The molecule has 3 aliphatic carbocycles. The SMILES string of the molecule is CCO/N=C(/C)c1ccc(O)c2c1CC1CC3[C@H](N(C)C)C(O)=C(C(N)=O)C[C@@]3(OC)C(O)=C1C2=O. The number of phenols is 1. The number of nitrogens with two attached hydrogens (primary N) is 1. The largest absolute Gasteiger partial charge is 0.510 e. The number of rotatable bonds is 6. The number of likely N-dealkylation sites (N-methyl/N-ethyl adjacent to an activating group) is 1. The number of methoxy groups -OCH3 is 1. The predicted octanol–water partition coefficient (Wildman–Crippen LogP) is 2.36. The Bertz CT molecular complexity index is 1220. The van der Waals surface area contributed by atoms with Crippen LogP contribution in [0, 0.1) is 11.8 Å². The van der Waals surface area contributed by atoms with Crippen molar-refractivity contribution in [2.75, 3.05) is 27.8 Å². The van der Waals surface area contributed by atoms with Gasteiger partial charge in [0, 0.05) is 30.6 Å². The molecule has 0 fully saturated rings. The molecular formula is C26H33N3O7. The summed E-state index contributed by atoms with van der Waals surface area (Å²) in [6.07, 6.45) is 0.564. The summed E-state index contributed by atoms with van der Waals surface area (Å²) in [6, 6.07) is 2.46. The van der Waals surface area contributed by atoms with E-state index in [0.717, 1.165) is 0 Å². The minimum Gasteiger partial charge on any atom is -0.510 e. The molecule has 0 saturated carbocycles. The first-order chi connectivity index (χ1) is 17.0. The van der Waals surface area contributed by atoms with E-state index in [-0.39, 0.29) is 40.4 Å². The maximum absolute atomic E-state index is 13.8. The van der Waals surface area contributed by atoms with Gasteiger partial charge in [-0.05, 0) is 64.4 Å². The van der Waals surface area contributed by atoms with Crippen molar-refractivity contribution in [3.05, 3.63) is 51.5 Å². The third-order valence-corrected chi connectivity index (χ3v) is 7.76. The van der Waals surface area contributed by atoms with Crippen molar-refractivity contribution >= 4 is 17.4 Å². The lowest BCUT2D eigenvalue weighted by Gasteiger charge is -2.53. The number of phenolic OH excluding ortho intramolecular Hbond substituents is 1. The number of hydrogen-bond acceptors (Lipinski definition) is 9. The number of aliphatic hydroxyl groups is 2. The van der Waals surface area contributed by atoms with Gasteiger partial charge in [0.2, 0.25) is 5.91 Å². The average molecular weight is 500 g/mol. The number of carbonyl (C=O) groups is 2. The number of allylic oxidation sites excluding steroid dienone is 1. The maximum atomic E-state index is 13.8. The Balaban J connectivity index is 1.93. The molecule has 0 bridgehead atoms. The van der Waals surface area contributed by atoms with Gasteiger partial charge >= 0.3 is 0 Å². The molecule has 1 aromatic carbocycles. The molecule has 0 aromatic heterocycles. The van der Waals surface area contributed by atoms with Crippen molar-refractivity contribution < 1.29 is 34.5 Å². The molecule has 10 nitrogen and oxygen atoms in total. The minimum atomic E-state index is -1.44. The summed E-state index contributed by atoms with van der Waals surface area (Å²) in [7, 11) is 4.92. The number of fused-ring (bicyclic) bond motifs is 3. The first-order valence-electron chi connectivity index (χ1n) is 11.9. The number of carbonyl (C=O) groups excluding carboxylic acids is 2. The van der Waals surface area contributed by atoms with Gasteiger partial charge < -0.3 is 30.6 Å². The smallest absolute Gasteiger partial charge is 0.248 e. The fraction of sp³-hybridized carbons (Fsp3) is 0.500. The molecule has 0 aliphatic heterocycles. The third kappa shape index (κ3) is 3.67. The van der Waals surface area contributed by atoms with E-state index in [1.54, 1.807) is 32.0 Å². The fourth-order valence-corrected chi connectivity index (χ4v) is 6.18. The van der Waals surface area contributed by atoms with Crippen molar-refractivity contribution in [1.82, 2.24) is 4.90 Å². The van der Waals surface area contributed by atoms with E-state index in [0.29, 0.717) is 36.3 Å². The highest BCUT2D eigenvalue weighted by molar-refractivity contribution is 6.15. The van der Waals surface area contributed by atoms with Crippen LogP contribution in [0.15, 0.2) is 40.0 Å². The lowest BCUT2D eigenvalue weighted by atomic mass is 9.58. The number of ether oxygens (including phenoxy) is 1. The number of nitrogens with zero attached hydrogens (tertiary/aromatic N) is 2. The van der Waals surface area contributed by atoms with Crippen LogP contribution in [0.3, 0.4) is 0 Å². The highest BCUT2D eigenvalue weighted by Gasteiger charge is 2.59. The fourth-order valence-electron chi connectivity index (χ4n) is 6.18. The van der Waals surface area contributed by atoms with Crippen LogP contribution in [0.2, 0.25) is 0 Å². The quantitative estimate of drug-likeness (QED) is 0.343. The molecule has 1 aromatic rings. The van der Waals surface area contributed by atoms with Crippen LogP contribution in [0.25, 0.3) is 0 Å². The topological polar surface area (TPSA) is 155 Å². The number of benzene rings is 1. The summed E-state index contributed by atoms with van der Waals surface area (Å²) in [5.74, 6) is -2.85. The Hall–Kier alpha value is -3.37. The summed E-state index contributed by atoms with van der Waals surface area (Å²) in [6.45, 7) is 3.97. The first-order valence-corrected chi connectivity index (χ1v) is 11.9. The zero-order chi connectivity index (χ0) is 26.5. The first kappa shape index (κ1) is 25.7. The van der Waals surface area contributed by atoms with Gasteiger partial charge in [0.05, 0.1) is 22.9 Å². The van der Waals surface area contributed by atoms with E-state index in [4.69, 9.17) is 15.3 Å². The highest BCUT2D eigenvalue weighted by Crippen LogP contribution is 2.54. The summed E-state index contributed by atoms with van der Waals surface area (Å²) >= 11 is 0. The van der Waals surface area contributed by atoms with Crippen molar-refractivity contribution in [2.45, 2.75) is 44.8 Å². The van der Waals surface area contributed by atoms with E-state index in [9.17, 15) is 24.9 Å². The van der Waals surface area contributed by atoms with Crippen molar-refractivity contribution in [3.63, 3.8) is 0 Å². The molecule has 194 valence electrons. The van der Waals surface area contributed by atoms with Gasteiger partial charge in [-0.1, -0.05) is 5.16 Å². The van der Waals surface area contributed by atoms with Crippen LogP contribution in [0.4, 0.5) is 0 Å². The normalized spacial score (nSPS) is 28.1.